The van der Waals surface area contributed by atoms with Gasteiger partial charge in [-0.2, -0.15) is 0 Å². The molecule has 4 nitrogen and oxygen atoms in total. The molecule has 1 aromatic carbocycles. The lowest BCUT2D eigenvalue weighted by molar-refractivity contribution is 0.876. The zero-order chi connectivity index (χ0) is 12.5. The lowest BCUT2D eigenvalue weighted by Crippen LogP contribution is -2.27. The van der Waals surface area contributed by atoms with Crippen molar-refractivity contribution >= 4 is 28.0 Å². The Labute approximate surface area is 105 Å². The maximum atomic E-state index is 5.56. The van der Waals surface area contributed by atoms with Crippen LogP contribution >= 0.6 is 0 Å². The van der Waals surface area contributed by atoms with E-state index in [1.165, 1.54) is 10.8 Å². The van der Waals surface area contributed by atoms with E-state index in [1.807, 2.05) is 30.6 Å². The highest BCUT2D eigenvalue weighted by Gasteiger charge is 2.07. The molecule has 2 heterocycles. The average Bonchev–Trinajstić information content (AvgIpc) is 2.71. The molecule has 3 rings (SSSR count). The molecule has 0 saturated carbocycles. The maximum absolute atomic E-state index is 5.56. The second-order valence-electron chi connectivity index (χ2n) is 4.20. The van der Waals surface area contributed by atoms with Crippen LogP contribution in [-0.4, -0.2) is 15.7 Å². The SMILES string of the molecule is NC(N)C=Cn1c2ccccc2c2ccncc21. The molecule has 3 aromatic rings. The number of hydrogen-bond acceptors (Lipinski definition) is 3. The van der Waals surface area contributed by atoms with Crippen LogP contribution in [-0.2, 0) is 0 Å². The van der Waals surface area contributed by atoms with Crippen molar-refractivity contribution in [3.8, 4) is 0 Å². The zero-order valence-corrected chi connectivity index (χ0v) is 9.82. The van der Waals surface area contributed by atoms with Crippen LogP contribution in [0.25, 0.3) is 28.0 Å². The summed E-state index contributed by atoms with van der Waals surface area (Å²) in [6, 6.07) is 10.2. The van der Waals surface area contributed by atoms with E-state index in [0.29, 0.717) is 0 Å². The Kier molecular flexibility index (Phi) is 2.59. The summed E-state index contributed by atoms with van der Waals surface area (Å²) in [5, 5.41) is 2.38. The highest BCUT2D eigenvalue weighted by atomic mass is 15.0. The molecule has 0 radical (unpaired) electrons. The van der Waals surface area contributed by atoms with E-state index in [4.69, 9.17) is 11.5 Å². The van der Waals surface area contributed by atoms with Gasteiger partial charge < -0.3 is 16.0 Å². The summed E-state index contributed by atoms with van der Waals surface area (Å²) < 4.78 is 2.06. The number of hydrogen-bond donors (Lipinski definition) is 2. The molecule has 0 amide bonds. The van der Waals surface area contributed by atoms with Crippen molar-refractivity contribution in [1.29, 1.82) is 0 Å². The Morgan fingerprint density at radius 1 is 1.06 bits per heavy atom. The second-order valence-corrected chi connectivity index (χ2v) is 4.20. The third kappa shape index (κ3) is 1.68. The molecule has 0 unspecified atom stereocenters. The molecule has 0 fully saturated rings. The first-order valence-electron chi connectivity index (χ1n) is 5.79. The summed E-state index contributed by atoms with van der Waals surface area (Å²) in [7, 11) is 0. The van der Waals surface area contributed by atoms with Gasteiger partial charge in [-0.3, -0.25) is 4.98 Å². The number of nitrogens with two attached hydrogens (primary N) is 2. The molecule has 90 valence electrons. The van der Waals surface area contributed by atoms with E-state index in [9.17, 15) is 0 Å². The minimum absolute atomic E-state index is 0.460. The van der Waals surface area contributed by atoms with Gasteiger partial charge in [0.2, 0.25) is 0 Å². The average molecular weight is 238 g/mol. The molecule has 4 heteroatoms. The summed E-state index contributed by atoms with van der Waals surface area (Å²) in [5.74, 6) is 0. The van der Waals surface area contributed by atoms with Gasteiger partial charge in [-0.15, -0.1) is 0 Å². The topological polar surface area (TPSA) is 69.9 Å². The fourth-order valence-corrected chi connectivity index (χ4v) is 2.19. The van der Waals surface area contributed by atoms with Crippen molar-refractivity contribution in [3.05, 3.63) is 48.8 Å². The molecule has 18 heavy (non-hydrogen) atoms. The molecule has 0 aliphatic carbocycles. The number of aromatic nitrogens is 2. The minimum Gasteiger partial charge on any atom is -0.315 e. The molecular weight excluding hydrogens is 224 g/mol. The predicted molar refractivity (Wildman–Crippen MR) is 74.7 cm³/mol. The van der Waals surface area contributed by atoms with Crippen LogP contribution < -0.4 is 11.5 Å². The van der Waals surface area contributed by atoms with E-state index in [0.717, 1.165) is 11.0 Å². The van der Waals surface area contributed by atoms with Gasteiger partial charge in [0, 0.05) is 23.2 Å². The highest BCUT2D eigenvalue weighted by Crippen LogP contribution is 2.28. The molecule has 0 atom stereocenters. The largest absolute Gasteiger partial charge is 0.315 e. The Balaban J connectivity index is 2.38. The summed E-state index contributed by atoms with van der Waals surface area (Å²) >= 11 is 0. The van der Waals surface area contributed by atoms with Gasteiger partial charge in [-0.05, 0) is 18.2 Å². The summed E-state index contributed by atoms with van der Waals surface area (Å²) in [6.07, 6.45) is 6.85. The van der Waals surface area contributed by atoms with Gasteiger partial charge in [0.25, 0.3) is 0 Å². The first-order valence-corrected chi connectivity index (χ1v) is 5.79. The fraction of sp³-hybridized carbons (Fsp3) is 0.0714. The normalized spacial score (nSPS) is 12.2. The van der Waals surface area contributed by atoms with E-state index in [-0.39, 0.29) is 0 Å². The Bertz CT molecular complexity index is 672. The number of para-hydroxylation sites is 1. The molecule has 0 aliphatic rings. The molecule has 0 spiro atoms. The molecule has 2 aromatic heterocycles. The predicted octanol–water partition coefficient (Wildman–Crippen LogP) is 1.90. The van der Waals surface area contributed by atoms with Crippen molar-refractivity contribution < 1.29 is 0 Å². The van der Waals surface area contributed by atoms with Gasteiger partial charge in [0.05, 0.1) is 23.4 Å². The van der Waals surface area contributed by atoms with E-state index < -0.39 is 6.17 Å². The number of benzene rings is 1. The van der Waals surface area contributed by atoms with E-state index in [2.05, 4.69) is 21.7 Å². The Hall–Kier alpha value is -2.17. The smallest absolute Gasteiger partial charge is 0.0730 e. The van der Waals surface area contributed by atoms with Crippen LogP contribution in [0.2, 0.25) is 0 Å². The molecule has 0 aliphatic heterocycles. The van der Waals surface area contributed by atoms with Gasteiger partial charge in [0.1, 0.15) is 0 Å². The van der Waals surface area contributed by atoms with Crippen LogP contribution in [0.3, 0.4) is 0 Å². The second kappa shape index (κ2) is 4.25. The van der Waals surface area contributed by atoms with Crippen molar-refractivity contribution in [2.45, 2.75) is 6.17 Å². The van der Waals surface area contributed by atoms with Gasteiger partial charge in [-0.1, -0.05) is 18.2 Å². The van der Waals surface area contributed by atoms with E-state index in [1.54, 1.807) is 12.3 Å². The number of pyridine rings is 1. The third-order valence-corrected chi connectivity index (χ3v) is 2.97. The first-order chi connectivity index (χ1) is 8.77. The summed E-state index contributed by atoms with van der Waals surface area (Å²) in [4.78, 5) is 4.18. The van der Waals surface area contributed by atoms with Crippen LogP contribution in [0.1, 0.15) is 0 Å². The quantitative estimate of drug-likeness (QED) is 0.670. The monoisotopic (exact) mass is 238 g/mol. The summed E-state index contributed by atoms with van der Waals surface area (Å²) in [5.41, 5.74) is 13.3. The van der Waals surface area contributed by atoms with E-state index >= 15 is 0 Å². The van der Waals surface area contributed by atoms with Gasteiger partial charge in [0.15, 0.2) is 0 Å². The molecule has 0 bridgehead atoms. The Morgan fingerprint density at radius 3 is 2.67 bits per heavy atom. The highest BCUT2D eigenvalue weighted by molar-refractivity contribution is 6.08. The zero-order valence-electron chi connectivity index (χ0n) is 9.82. The van der Waals surface area contributed by atoms with Crippen molar-refractivity contribution in [2.24, 2.45) is 11.5 Å². The van der Waals surface area contributed by atoms with Crippen LogP contribution in [0, 0.1) is 0 Å². The fourth-order valence-electron chi connectivity index (χ4n) is 2.19. The van der Waals surface area contributed by atoms with Crippen molar-refractivity contribution in [3.63, 3.8) is 0 Å². The van der Waals surface area contributed by atoms with Crippen LogP contribution in [0.5, 0.6) is 0 Å². The summed E-state index contributed by atoms with van der Waals surface area (Å²) in [6.45, 7) is 0. The molecule has 0 saturated heterocycles. The maximum Gasteiger partial charge on any atom is 0.0730 e. The first kappa shape index (κ1) is 11.0. The third-order valence-electron chi connectivity index (χ3n) is 2.97. The van der Waals surface area contributed by atoms with Gasteiger partial charge >= 0.3 is 0 Å². The number of nitrogens with zero attached hydrogens (tertiary/aromatic N) is 2. The van der Waals surface area contributed by atoms with Crippen molar-refractivity contribution in [2.75, 3.05) is 0 Å². The van der Waals surface area contributed by atoms with Crippen LogP contribution in [0.4, 0.5) is 0 Å². The van der Waals surface area contributed by atoms with Crippen molar-refractivity contribution in [1.82, 2.24) is 9.55 Å². The van der Waals surface area contributed by atoms with Crippen LogP contribution in [0.15, 0.2) is 48.8 Å². The Morgan fingerprint density at radius 2 is 1.83 bits per heavy atom. The minimum atomic E-state index is -0.460. The number of rotatable bonds is 2. The standard InChI is InChI=1S/C14H14N4/c15-14(16)6-8-18-12-4-2-1-3-10(12)11-5-7-17-9-13(11)18/h1-9,14H,15-16H2. The lowest BCUT2D eigenvalue weighted by atomic mass is 10.2. The van der Waals surface area contributed by atoms with Gasteiger partial charge in [-0.25, -0.2) is 0 Å². The lowest BCUT2D eigenvalue weighted by Gasteiger charge is -2.01. The number of fused-ring (bicyclic) bond motifs is 3. The molecule has 4 N–H and O–H groups in total. The molecular formula is C14H14N4.